The third-order valence-electron chi connectivity index (χ3n) is 4.01. The lowest BCUT2D eigenvalue weighted by Crippen LogP contribution is -2.15. The summed E-state index contributed by atoms with van der Waals surface area (Å²) in [5.41, 5.74) is 8.64. The lowest BCUT2D eigenvalue weighted by Gasteiger charge is -2.21. The fourth-order valence-corrected chi connectivity index (χ4v) is 2.80. The van der Waals surface area contributed by atoms with Crippen LogP contribution in [0.1, 0.15) is 48.5 Å². The van der Waals surface area contributed by atoms with Gasteiger partial charge in [-0.3, -0.25) is 0 Å². The molecule has 1 aliphatic rings. The van der Waals surface area contributed by atoms with Crippen LogP contribution in [0.25, 0.3) is 0 Å². The smallest absolute Gasteiger partial charge is 0.226 e. The van der Waals surface area contributed by atoms with Crippen LogP contribution in [0.4, 0.5) is 0 Å². The van der Waals surface area contributed by atoms with Crippen LogP contribution in [0.15, 0.2) is 28.8 Å². The molecule has 2 N–H and O–H groups in total. The summed E-state index contributed by atoms with van der Waals surface area (Å²) in [4.78, 5) is 4.55. The van der Waals surface area contributed by atoms with Crippen LogP contribution >= 0.6 is 0 Å². The van der Waals surface area contributed by atoms with E-state index >= 15 is 0 Å². The van der Waals surface area contributed by atoms with Crippen molar-refractivity contribution in [1.82, 2.24) is 10.1 Å². The first kappa shape index (κ1) is 13.3. The average molecular weight is 271 g/mol. The van der Waals surface area contributed by atoms with Crippen molar-refractivity contribution in [2.24, 2.45) is 5.73 Å². The number of nitrogens with zero attached hydrogens (tertiary/aromatic N) is 2. The number of aryl methyl sites for hydroxylation is 2. The van der Waals surface area contributed by atoms with Crippen molar-refractivity contribution in [3.8, 4) is 0 Å². The average Bonchev–Trinajstić information content (AvgIpc) is 2.93. The van der Waals surface area contributed by atoms with Gasteiger partial charge in [-0.05, 0) is 43.7 Å². The molecule has 4 nitrogen and oxygen atoms in total. The molecule has 0 aliphatic heterocycles. The van der Waals surface area contributed by atoms with Crippen molar-refractivity contribution in [2.45, 2.75) is 51.0 Å². The molecule has 3 rings (SSSR count). The summed E-state index contributed by atoms with van der Waals surface area (Å²) in [6.45, 7) is 2.00. The van der Waals surface area contributed by atoms with E-state index in [1.807, 2.05) is 6.92 Å². The lowest BCUT2D eigenvalue weighted by atomic mass is 9.83. The van der Waals surface area contributed by atoms with Crippen LogP contribution < -0.4 is 5.73 Å². The van der Waals surface area contributed by atoms with E-state index in [1.54, 1.807) is 0 Å². The molecule has 2 atom stereocenters. The Balaban J connectivity index is 1.69. The monoisotopic (exact) mass is 271 g/mol. The van der Waals surface area contributed by atoms with Gasteiger partial charge < -0.3 is 10.3 Å². The molecule has 0 amide bonds. The molecule has 0 saturated carbocycles. The van der Waals surface area contributed by atoms with Crippen molar-refractivity contribution in [3.63, 3.8) is 0 Å². The molecule has 2 unspecified atom stereocenters. The summed E-state index contributed by atoms with van der Waals surface area (Å²) in [6.07, 6.45) is 4.87. The van der Waals surface area contributed by atoms with E-state index < -0.39 is 0 Å². The number of nitrogens with two attached hydrogens (primary N) is 1. The van der Waals surface area contributed by atoms with E-state index in [-0.39, 0.29) is 6.04 Å². The Hall–Kier alpha value is -1.68. The van der Waals surface area contributed by atoms with Gasteiger partial charge in [0.2, 0.25) is 5.89 Å². The molecule has 106 valence electrons. The van der Waals surface area contributed by atoms with Gasteiger partial charge in [-0.2, -0.15) is 4.98 Å². The number of aromatic nitrogens is 2. The van der Waals surface area contributed by atoms with E-state index in [2.05, 4.69) is 34.4 Å². The van der Waals surface area contributed by atoms with E-state index in [0.717, 1.165) is 43.8 Å². The third kappa shape index (κ3) is 2.90. The predicted molar refractivity (Wildman–Crippen MR) is 77.5 cm³/mol. The molecular weight excluding hydrogens is 250 g/mol. The van der Waals surface area contributed by atoms with E-state index in [0.29, 0.717) is 5.92 Å². The maximum atomic E-state index is 5.75. The van der Waals surface area contributed by atoms with Crippen LogP contribution in [0.2, 0.25) is 0 Å². The molecule has 0 radical (unpaired) electrons. The Kier molecular flexibility index (Phi) is 3.83. The molecular formula is C16H21N3O. The first-order valence-electron chi connectivity index (χ1n) is 7.37. The summed E-state index contributed by atoms with van der Waals surface area (Å²) >= 11 is 0. The SMILES string of the molecule is CC(N)CCc1nc(C2CCc3ccccc3C2)no1. The highest BCUT2D eigenvalue weighted by molar-refractivity contribution is 5.31. The van der Waals surface area contributed by atoms with E-state index in [9.17, 15) is 0 Å². The van der Waals surface area contributed by atoms with Gasteiger partial charge in [-0.25, -0.2) is 0 Å². The Morgan fingerprint density at radius 2 is 2.15 bits per heavy atom. The fourth-order valence-electron chi connectivity index (χ4n) is 2.80. The minimum Gasteiger partial charge on any atom is -0.339 e. The number of hydrogen-bond donors (Lipinski definition) is 1. The summed E-state index contributed by atoms with van der Waals surface area (Å²) in [6, 6.07) is 8.81. The van der Waals surface area contributed by atoms with Crippen molar-refractivity contribution < 1.29 is 4.52 Å². The first-order chi connectivity index (χ1) is 9.72. The zero-order valence-electron chi connectivity index (χ0n) is 11.9. The maximum Gasteiger partial charge on any atom is 0.226 e. The van der Waals surface area contributed by atoms with Gasteiger partial charge in [0, 0.05) is 18.4 Å². The van der Waals surface area contributed by atoms with Crippen molar-refractivity contribution in [2.75, 3.05) is 0 Å². The highest BCUT2D eigenvalue weighted by Crippen LogP contribution is 2.31. The molecule has 0 spiro atoms. The second-order valence-electron chi connectivity index (χ2n) is 5.77. The van der Waals surface area contributed by atoms with Crippen LogP contribution in [0.3, 0.4) is 0 Å². The number of benzene rings is 1. The zero-order valence-corrected chi connectivity index (χ0v) is 11.9. The maximum absolute atomic E-state index is 5.75. The molecule has 0 saturated heterocycles. The molecule has 20 heavy (non-hydrogen) atoms. The van der Waals surface area contributed by atoms with Crippen molar-refractivity contribution >= 4 is 0 Å². The predicted octanol–water partition coefficient (Wildman–Crippen LogP) is 2.62. The molecule has 4 heteroatoms. The Morgan fingerprint density at radius 1 is 1.35 bits per heavy atom. The quantitative estimate of drug-likeness (QED) is 0.928. The van der Waals surface area contributed by atoms with Gasteiger partial charge in [0.1, 0.15) is 0 Å². The van der Waals surface area contributed by atoms with Crippen molar-refractivity contribution in [3.05, 3.63) is 47.1 Å². The number of fused-ring (bicyclic) bond motifs is 1. The Labute approximate surface area is 119 Å². The third-order valence-corrected chi connectivity index (χ3v) is 4.01. The lowest BCUT2D eigenvalue weighted by molar-refractivity contribution is 0.362. The van der Waals surface area contributed by atoms with Gasteiger partial charge in [0.25, 0.3) is 0 Å². The second-order valence-corrected chi connectivity index (χ2v) is 5.77. The highest BCUT2D eigenvalue weighted by atomic mass is 16.5. The Morgan fingerprint density at radius 3 is 2.95 bits per heavy atom. The summed E-state index contributed by atoms with van der Waals surface area (Å²) in [5, 5.41) is 4.16. The van der Waals surface area contributed by atoms with Gasteiger partial charge in [0.05, 0.1) is 0 Å². The highest BCUT2D eigenvalue weighted by Gasteiger charge is 2.24. The standard InChI is InChI=1S/C16H21N3O/c1-11(17)6-9-15-18-16(19-20-15)14-8-7-12-4-2-3-5-13(12)10-14/h2-5,11,14H,6-10,17H2,1H3. The summed E-state index contributed by atoms with van der Waals surface area (Å²) < 4.78 is 5.34. The minimum atomic E-state index is 0.173. The van der Waals surface area contributed by atoms with Gasteiger partial charge in [-0.1, -0.05) is 29.4 Å². The van der Waals surface area contributed by atoms with Gasteiger partial charge >= 0.3 is 0 Å². The van der Waals surface area contributed by atoms with Crippen LogP contribution in [0, 0.1) is 0 Å². The molecule has 1 aromatic carbocycles. The molecule has 1 heterocycles. The van der Waals surface area contributed by atoms with Gasteiger partial charge in [0.15, 0.2) is 5.82 Å². The Bertz CT molecular complexity index is 577. The summed E-state index contributed by atoms with van der Waals surface area (Å²) in [5.74, 6) is 1.97. The molecule has 1 aromatic heterocycles. The van der Waals surface area contributed by atoms with Crippen LogP contribution in [0.5, 0.6) is 0 Å². The normalized spacial score (nSPS) is 19.6. The minimum absolute atomic E-state index is 0.173. The first-order valence-corrected chi connectivity index (χ1v) is 7.37. The summed E-state index contributed by atoms with van der Waals surface area (Å²) in [7, 11) is 0. The number of hydrogen-bond acceptors (Lipinski definition) is 4. The molecule has 0 bridgehead atoms. The zero-order chi connectivity index (χ0) is 13.9. The molecule has 0 fully saturated rings. The fraction of sp³-hybridized carbons (Fsp3) is 0.500. The largest absolute Gasteiger partial charge is 0.339 e. The topological polar surface area (TPSA) is 64.9 Å². The molecule has 1 aliphatic carbocycles. The molecule has 2 aromatic rings. The van der Waals surface area contributed by atoms with Crippen LogP contribution in [-0.2, 0) is 19.3 Å². The second kappa shape index (κ2) is 5.75. The van der Waals surface area contributed by atoms with E-state index in [1.165, 1.54) is 11.1 Å². The van der Waals surface area contributed by atoms with Crippen molar-refractivity contribution in [1.29, 1.82) is 0 Å². The van der Waals surface area contributed by atoms with Gasteiger partial charge in [-0.15, -0.1) is 0 Å². The van der Waals surface area contributed by atoms with Crippen LogP contribution in [-0.4, -0.2) is 16.2 Å². The van der Waals surface area contributed by atoms with E-state index in [4.69, 9.17) is 10.3 Å². The number of rotatable bonds is 4.